The van der Waals surface area contributed by atoms with Crippen LogP contribution in [0, 0.1) is 0 Å². The first-order chi connectivity index (χ1) is 17.5. The second kappa shape index (κ2) is 11.8. The molecule has 6 nitrogen and oxygen atoms in total. The fourth-order valence-electron chi connectivity index (χ4n) is 3.61. The van der Waals surface area contributed by atoms with Crippen LogP contribution in [0.15, 0.2) is 88.4 Å². The Morgan fingerprint density at radius 1 is 0.972 bits per heavy atom. The standard InChI is InChI=1S/C28H22BrClN2O4/c1-2-35-26-15-18(11-14-25(26)36-28(34)22-9-5-6-10-24(22)30)17-31-32-27(33)16-19-12-13-23(29)21-8-4-3-7-20(19)21/h3-15,17H,2,16H2,1H3,(H,32,33). The van der Waals surface area contributed by atoms with Crippen molar-refractivity contribution in [3.63, 3.8) is 0 Å². The third-order valence-electron chi connectivity index (χ3n) is 5.28. The van der Waals surface area contributed by atoms with Gasteiger partial charge < -0.3 is 9.47 Å². The van der Waals surface area contributed by atoms with Gasteiger partial charge in [0.15, 0.2) is 11.5 Å². The lowest BCUT2D eigenvalue weighted by atomic mass is 10.0. The third kappa shape index (κ3) is 6.11. The van der Waals surface area contributed by atoms with Gasteiger partial charge in [-0.15, -0.1) is 0 Å². The van der Waals surface area contributed by atoms with Crippen molar-refractivity contribution in [1.82, 2.24) is 5.43 Å². The summed E-state index contributed by atoms with van der Waals surface area (Å²) in [7, 11) is 0. The Balaban J connectivity index is 1.43. The fraction of sp³-hybridized carbons (Fsp3) is 0.107. The van der Waals surface area contributed by atoms with Gasteiger partial charge >= 0.3 is 5.97 Å². The Hall–Kier alpha value is -3.68. The van der Waals surface area contributed by atoms with Crippen LogP contribution in [0.4, 0.5) is 0 Å². The van der Waals surface area contributed by atoms with Gasteiger partial charge in [-0.1, -0.05) is 70.0 Å². The topological polar surface area (TPSA) is 77.0 Å². The van der Waals surface area contributed by atoms with Gasteiger partial charge in [0.05, 0.1) is 29.8 Å². The van der Waals surface area contributed by atoms with Gasteiger partial charge in [0, 0.05) is 4.47 Å². The normalized spacial score (nSPS) is 11.0. The zero-order valence-electron chi connectivity index (χ0n) is 19.3. The van der Waals surface area contributed by atoms with Crippen LogP contribution >= 0.6 is 27.5 Å². The molecule has 0 bridgehead atoms. The van der Waals surface area contributed by atoms with Crippen molar-refractivity contribution < 1.29 is 19.1 Å². The van der Waals surface area contributed by atoms with Gasteiger partial charge in [0.2, 0.25) is 5.91 Å². The lowest BCUT2D eigenvalue weighted by Gasteiger charge is -2.12. The summed E-state index contributed by atoms with van der Waals surface area (Å²) in [6, 6.07) is 23.4. The molecule has 0 unspecified atom stereocenters. The minimum absolute atomic E-state index is 0.187. The molecule has 1 amide bonds. The third-order valence-corrected chi connectivity index (χ3v) is 6.30. The zero-order valence-corrected chi connectivity index (χ0v) is 21.7. The van der Waals surface area contributed by atoms with E-state index in [2.05, 4.69) is 26.5 Å². The maximum atomic E-state index is 12.5. The lowest BCUT2D eigenvalue weighted by Crippen LogP contribution is -2.20. The highest BCUT2D eigenvalue weighted by Gasteiger charge is 2.15. The summed E-state index contributed by atoms with van der Waals surface area (Å²) in [5.41, 5.74) is 4.39. The maximum Gasteiger partial charge on any atom is 0.345 e. The monoisotopic (exact) mass is 564 g/mol. The Bertz CT molecular complexity index is 1450. The SMILES string of the molecule is CCOc1cc(C=NNC(=O)Cc2ccc(Br)c3ccccc23)ccc1OC(=O)c1ccccc1Cl. The van der Waals surface area contributed by atoms with Gasteiger partial charge in [0.25, 0.3) is 0 Å². The minimum Gasteiger partial charge on any atom is -0.490 e. The predicted molar refractivity (Wildman–Crippen MR) is 145 cm³/mol. The molecule has 0 aliphatic rings. The molecule has 0 aliphatic carbocycles. The molecule has 0 aromatic heterocycles. The van der Waals surface area contributed by atoms with E-state index in [1.54, 1.807) is 42.5 Å². The average molecular weight is 566 g/mol. The smallest absolute Gasteiger partial charge is 0.345 e. The van der Waals surface area contributed by atoms with Crippen molar-refractivity contribution >= 4 is 56.4 Å². The molecule has 4 rings (SSSR count). The number of carbonyl (C=O) groups is 2. The number of ether oxygens (including phenoxy) is 2. The molecule has 0 saturated carbocycles. The number of hydrogen-bond donors (Lipinski definition) is 1. The highest BCUT2D eigenvalue weighted by Crippen LogP contribution is 2.30. The number of fused-ring (bicyclic) bond motifs is 1. The van der Waals surface area contributed by atoms with E-state index in [0.717, 1.165) is 20.8 Å². The van der Waals surface area contributed by atoms with Crippen LogP contribution in [0.1, 0.15) is 28.4 Å². The van der Waals surface area contributed by atoms with E-state index in [1.165, 1.54) is 6.21 Å². The summed E-state index contributed by atoms with van der Waals surface area (Å²) in [6.07, 6.45) is 1.69. The Morgan fingerprint density at radius 2 is 1.72 bits per heavy atom. The van der Waals surface area contributed by atoms with Gasteiger partial charge in [0.1, 0.15) is 0 Å². The zero-order chi connectivity index (χ0) is 25.5. The van der Waals surface area contributed by atoms with Crippen molar-refractivity contribution in [2.24, 2.45) is 5.10 Å². The average Bonchev–Trinajstić information content (AvgIpc) is 2.88. The molecule has 0 aliphatic heterocycles. The fourth-order valence-corrected chi connectivity index (χ4v) is 4.30. The Kier molecular flexibility index (Phi) is 8.36. The highest BCUT2D eigenvalue weighted by atomic mass is 79.9. The van der Waals surface area contributed by atoms with Gasteiger partial charge in [-0.2, -0.15) is 5.10 Å². The number of esters is 1. The van der Waals surface area contributed by atoms with Crippen LogP contribution in [0.3, 0.4) is 0 Å². The number of carbonyl (C=O) groups excluding carboxylic acids is 2. The number of nitrogens with one attached hydrogen (secondary N) is 1. The van der Waals surface area contributed by atoms with Crippen LogP contribution in [-0.4, -0.2) is 24.7 Å². The first kappa shape index (κ1) is 25.4. The highest BCUT2D eigenvalue weighted by molar-refractivity contribution is 9.10. The van der Waals surface area contributed by atoms with Gasteiger partial charge in [-0.25, -0.2) is 10.2 Å². The maximum absolute atomic E-state index is 12.5. The van der Waals surface area contributed by atoms with Gasteiger partial charge in [-0.3, -0.25) is 4.79 Å². The van der Waals surface area contributed by atoms with Crippen LogP contribution < -0.4 is 14.9 Å². The molecule has 0 fully saturated rings. The number of rotatable bonds is 8. The summed E-state index contributed by atoms with van der Waals surface area (Å²) in [5, 5.41) is 6.43. The van der Waals surface area contributed by atoms with E-state index in [-0.39, 0.29) is 23.6 Å². The van der Waals surface area contributed by atoms with Crippen molar-refractivity contribution in [2.75, 3.05) is 6.61 Å². The van der Waals surface area contributed by atoms with Crippen LogP contribution in [-0.2, 0) is 11.2 Å². The van der Waals surface area contributed by atoms with Crippen LogP contribution in [0.5, 0.6) is 11.5 Å². The first-order valence-corrected chi connectivity index (χ1v) is 12.3. The number of hydrogen-bond acceptors (Lipinski definition) is 5. The number of amides is 1. The largest absolute Gasteiger partial charge is 0.490 e. The molecule has 36 heavy (non-hydrogen) atoms. The first-order valence-electron chi connectivity index (χ1n) is 11.2. The minimum atomic E-state index is -0.587. The summed E-state index contributed by atoms with van der Waals surface area (Å²) in [5.74, 6) is -0.204. The molecule has 4 aromatic carbocycles. The predicted octanol–water partition coefficient (Wildman–Crippen LogP) is 6.57. The van der Waals surface area contributed by atoms with E-state index in [1.807, 2.05) is 43.3 Å². The molecule has 0 radical (unpaired) electrons. The summed E-state index contributed by atoms with van der Waals surface area (Å²) < 4.78 is 12.1. The molecular weight excluding hydrogens is 544 g/mol. The molecule has 0 spiro atoms. The Labute approximate surface area is 222 Å². The molecule has 0 atom stereocenters. The van der Waals surface area contributed by atoms with E-state index < -0.39 is 5.97 Å². The van der Waals surface area contributed by atoms with Crippen molar-refractivity contribution in [1.29, 1.82) is 0 Å². The number of benzene rings is 4. The molecule has 4 aromatic rings. The quantitative estimate of drug-likeness (QED) is 0.114. The number of hydrazone groups is 1. The van der Waals surface area contributed by atoms with Crippen molar-refractivity contribution in [2.45, 2.75) is 13.3 Å². The van der Waals surface area contributed by atoms with Crippen LogP contribution in [0.2, 0.25) is 5.02 Å². The van der Waals surface area contributed by atoms with Gasteiger partial charge in [-0.05, 0) is 65.2 Å². The molecule has 0 saturated heterocycles. The molecule has 182 valence electrons. The van der Waals surface area contributed by atoms with E-state index in [4.69, 9.17) is 21.1 Å². The van der Waals surface area contributed by atoms with E-state index in [9.17, 15) is 9.59 Å². The summed E-state index contributed by atoms with van der Waals surface area (Å²) in [4.78, 5) is 25.0. The van der Waals surface area contributed by atoms with Crippen molar-refractivity contribution in [3.05, 3.63) is 105 Å². The van der Waals surface area contributed by atoms with E-state index in [0.29, 0.717) is 22.9 Å². The molecular formula is C28H22BrClN2O4. The van der Waals surface area contributed by atoms with Crippen molar-refractivity contribution in [3.8, 4) is 11.5 Å². The lowest BCUT2D eigenvalue weighted by molar-refractivity contribution is -0.120. The number of nitrogens with zero attached hydrogens (tertiary/aromatic N) is 1. The van der Waals surface area contributed by atoms with E-state index >= 15 is 0 Å². The molecule has 8 heteroatoms. The summed E-state index contributed by atoms with van der Waals surface area (Å²) in [6.45, 7) is 2.20. The second-order valence-corrected chi connectivity index (χ2v) is 8.99. The second-order valence-electron chi connectivity index (χ2n) is 7.73. The molecule has 0 heterocycles. The Morgan fingerprint density at radius 3 is 2.50 bits per heavy atom. The van der Waals surface area contributed by atoms with Crippen LogP contribution in [0.25, 0.3) is 10.8 Å². The summed E-state index contributed by atoms with van der Waals surface area (Å²) >= 11 is 9.64. The number of halogens is 2. The molecule has 1 N–H and O–H groups in total.